The first-order valence-corrected chi connectivity index (χ1v) is 4.08. The smallest absolute Gasteiger partial charge is 0.545 e. The van der Waals surface area contributed by atoms with Gasteiger partial charge in [-0.3, -0.25) is 0 Å². The van der Waals surface area contributed by atoms with Crippen LogP contribution < -0.4 is 34.7 Å². The molecule has 0 saturated heterocycles. The van der Waals surface area contributed by atoms with Crippen LogP contribution >= 0.6 is 0 Å². The van der Waals surface area contributed by atoms with E-state index in [1.54, 1.807) is 0 Å². The third-order valence-corrected chi connectivity index (χ3v) is 1.22. The van der Waals surface area contributed by atoms with Crippen LogP contribution in [0.1, 0.15) is 0 Å². The van der Waals surface area contributed by atoms with Gasteiger partial charge in [0.2, 0.25) is 0 Å². The molecule has 0 bridgehead atoms. The summed E-state index contributed by atoms with van der Waals surface area (Å²) in [6.07, 6.45) is 3.74. The Hall–Kier alpha value is 0.820. The number of hydrogen-bond donors (Lipinski definition) is 0. The molecule has 0 saturated carbocycles. The molecule has 0 fully saturated rings. The molecule has 0 aromatic heterocycles. The molecule has 0 unspecified atom stereocenters. The van der Waals surface area contributed by atoms with Gasteiger partial charge in [-0.25, -0.2) is 0 Å². The Kier molecular flexibility index (Phi) is 8.62. The van der Waals surface area contributed by atoms with Crippen molar-refractivity contribution in [3.8, 4) is 0 Å². The van der Waals surface area contributed by atoms with E-state index in [4.69, 9.17) is 0 Å². The number of hydrogen-bond acceptors (Lipinski definition) is 2. The summed E-state index contributed by atoms with van der Waals surface area (Å²) in [5.74, 6) is -0.756. The summed E-state index contributed by atoms with van der Waals surface area (Å²) < 4.78 is 0. The van der Waals surface area contributed by atoms with Gasteiger partial charge in [-0.05, 0) is 10.9 Å². The van der Waals surface area contributed by atoms with Crippen LogP contribution in [0.3, 0.4) is 0 Å². The zero-order valence-corrected chi connectivity index (χ0v) is 8.25. The Morgan fingerprint density at radius 1 is 1.62 bits per heavy atom. The fourth-order valence-electron chi connectivity index (χ4n) is 0.236. The number of rotatable bonds is 2. The maximum absolute atomic E-state index is 9.71. The first kappa shape index (κ1) is 11.6. The molecule has 0 aromatic rings. The second-order valence-electron chi connectivity index (χ2n) is 1.50. The van der Waals surface area contributed by atoms with Crippen molar-refractivity contribution < 1.29 is 39.5 Å². The van der Waals surface area contributed by atoms with Crippen molar-refractivity contribution in [1.82, 2.24) is 0 Å². The molecular formula is C4H8NaO2S+. The molecule has 0 heterocycles. The van der Waals surface area contributed by atoms with Gasteiger partial charge in [0.1, 0.15) is 5.75 Å². The Morgan fingerprint density at radius 2 is 2.00 bits per heavy atom. The average Bonchev–Trinajstić information content (AvgIpc) is 1.27. The van der Waals surface area contributed by atoms with Gasteiger partial charge in [0.05, 0.1) is 18.5 Å². The summed E-state index contributed by atoms with van der Waals surface area (Å²) in [4.78, 5) is 9.71. The fraction of sp³-hybridized carbons (Fsp3) is 0.750. The van der Waals surface area contributed by atoms with Gasteiger partial charge < -0.3 is 9.90 Å². The molecule has 0 spiro atoms. The molecule has 0 aliphatic rings. The molecule has 0 aliphatic carbocycles. The zero-order chi connectivity index (χ0) is 5.86. The van der Waals surface area contributed by atoms with E-state index in [9.17, 15) is 9.90 Å². The second-order valence-corrected chi connectivity index (χ2v) is 3.76. The predicted octanol–water partition coefficient (Wildman–Crippen LogP) is -4.38. The Bertz CT molecular complexity index is 74.4. The van der Waals surface area contributed by atoms with Crippen LogP contribution in [0.4, 0.5) is 0 Å². The standard InChI is InChI=1S/C4H8O2S.Na/c1-7(2)3-4(5)6;/h3H2,1-2H3;/q;+1. The monoisotopic (exact) mass is 143 g/mol. The summed E-state index contributed by atoms with van der Waals surface area (Å²) in [6.45, 7) is 0. The van der Waals surface area contributed by atoms with E-state index < -0.39 is 5.97 Å². The fourth-order valence-corrected chi connectivity index (χ4v) is 0.707. The topological polar surface area (TPSA) is 40.1 Å². The second kappa shape index (κ2) is 5.95. The maximum atomic E-state index is 9.71. The van der Waals surface area contributed by atoms with Gasteiger partial charge >= 0.3 is 29.6 Å². The van der Waals surface area contributed by atoms with Gasteiger partial charge in [0.15, 0.2) is 0 Å². The van der Waals surface area contributed by atoms with E-state index in [1.165, 1.54) is 0 Å². The number of carboxylic acids is 1. The molecule has 0 rings (SSSR count). The Labute approximate surface area is 74.3 Å². The molecule has 8 heavy (non-hydrogen) atoms. The number of carbonyl (C=O) groups excluding carboxylic acids is 1. The van der Waals surface area contributed by atoms with Crippen LogP contribution in [-0.2, 0) is 15.7 Å². The van der Waals surface area contributed by atoms with Crippen molar-refractivity contribution in [3.05, 3.63) is 0 Å². The number of carbonyl (C=O) groups is 1. The van der Waals surface area contributed by atoms with Crippen molar-refractivity contribution in [2.75, 3.05) is 18.3 Å². The molecule has 2 nitrogen and oxygen atoms in total. The van der Waals surface area contributed by atoms with Crippen LogP contribution in [0.15, 0.2) is 0 Å². The van der Waals surface area contributed by atoms with E-state index in [0.717, 1.165) is 0 Å². The van der Waals surface area contributed by atoms with Crippen LogP contribution in [0.5, 0.6) is 0 Å². The first-order chi connectivity index (χ1) is 3.13. The molecule has 0 radical (unpaired) electrons. The van der Waals surface area contributed by atoms with Gasteiger partial charge in [-0.2, -0.15) is 0 Å². The summed E-state index contributed by atoms with van der Waals surface area (Å²) in [7, 11) is -0.00772. The summed E-state index contributed by atoms with van der Waals surface area (Å²) in [5.41, 5.74) is 0. The molecule has 0 amide bonds. The average molecular weight is 143 g/mol. The molecule has 42 valence electrons. The van der Waals surface area contributed by atoms with Gasteiger partial charge in [0.25, 0.3) is 0 Å². The molecule has 0 atom stereocenters. The van der Waals surface area contributed by atoms with E-state index in [0.29, 0.717) is 0 Å². The summed E-state index contributed by atoms with van der Waals surface area (Å²) >= 11 is 0. The van der Waals surface area contributed by atoms with Crippen molar-refractivity contribution in [2.24, 2.45) is 0 Å². The minimum atomic E-state index is -0.951. The molecular weight excluding hydrogens is 135 g/mol. The van der Waals surface area contributed by atoms with Crippen LogP contribution in [0, 0.1) is 0 Å². The third-order valence-electron chi connectivity index (χ3n) is 0.407. The number of aliphatic carboxylic acids is 1. The zero-order valence-electron chi connectivity index (χ0n) is 5.43. The largest absolute Gasteiger partial charge is 1.00 e. The van der Waals surface area contributed by atoms with Crippen molar-refractivity contribution in [3.63, 3.8) is 0 Å². The number of carboxylic acid groups (broad SMARTS) is 1. The van der Waals surface area contributed by atoms with Crippen LogP contribution in [0.25, 0.3) is 0 Å². The summed E-state index contributed by atoms with van der Waals surface area (Å²) in [6, 6.07) is 0. The van der Waals surface area contributed by atoms with E-state index >= 15 is 0 Å². The van der Waals surface area contributed by atoms with Crippen LogP contribution in [0.2, 0.25) is 0 Å². The SMILES string of the molecule is C[S+](C)CC(=O)[O-].[Na+]. The maximum Gasteiger partial charge on any atom is 1.00 e. The quantitative estimate of drug-likeness (QED) is 0.289. The minimum Gasteiger partial charge on any atom is -0.545 e. The third kappa shape index (κ3) is 9.94. The van der Waals surface area contributed by atoms with Crippen molar-refractivity contribution >= 4 is 16.9 Å². The molecule has 0 N–H and O–H groups in total. The van der Waals surface area contributed by atoms with Gasteiger partial charge in [-0.1, -0.05) is 0 Å². The van der Waals surface area contributed by atoms with Gasteiger partial charge in [0, 0.05) is 0 Å². The Morgan fingerprint density at radius 3 is 2.00 bits per heavy atom. The van der Waals surface area contributed by atoms with E-state index in [2.05, 4.69) is 0 Å². The Balaban J connectivity index is 0. The molecule has 4 heteroatoms. The van der Waals surface area contributed by atoms with E-state index in [1.807, 2.05) is 12.5 Å². The van der Waals surface area contributed by atoms with Gasteiger partial charge in [-0.15, -0.1) is 0 Å². The molecule has 0 aliphatic heterocycles. The summed E-state index contributed by atoms with van der Waals surface area (Å²) in [5, 5.41) is 9.71. The van der Waals surface area contributed by atoms with Crippen molar-refractivity contribution in [2.45, 2.75) is 0 Å². The molecule has 0 aromatic carbocycles. The minimum absolute atomic E-state index is 0. The first-order valence-electron chi connectivity index (χ1n) is 1.87. The predicted molar refractivity (Wildman–Crippen MR) is 29.1 cm³/mol. The normalized spacial score (nSPS) is 8.38. The van der Waals surface area contributed by atoms with Crippen LogP contribution in [-0.4, -0.2) is 24.2 Å². The van der Waals surface area contributed by atoms with Crippen molar-refractivity contribution in [1.29, 1.82) is 0 Å². The van der Waals surface area contributed by atoms with E-state index in [-0.39, 0.29) is 46.2 Å².